The average Bonchev–Trinajstić information content (AvgIpc) is 2.77. The van der Waals surface area contributed by atoms with Crippen LogP contribution in [0.4, 0.5) is 10.1 Å². The molecule has 2 aromatic carbocycles. The number of halogens is 1. The van der Waals surface area contributed by atoms with Crippen LogP contribution in [0.2, 0.25) is 0 Å². The molecule has 1 fully saturated rings. The Hall–Kier alpha value is -2.37. The van der Waals surface area contributed by atoms with Crippen molar-refractivity contribution in [2.75, 3.05) is 24.7 Å². The van der Waals surface area contributed by atoms with E-state index in [1.54, 1.807) is 12.1 Å². The quantitative estimate of drug-likeness (QED) is 0.481. The van der Waals surface area contributed by atoms with Gasteiger partial charge in [0.15, 0.2) is 0 Å². The number of rotatable bonds is 4. The number of aliphatic hydroxyl groups is 2. The number of nitrogens with zero attached hydrogens (tertiary/aromatic N) is 1. The Kier molecular flexibility index (Phi) is 8.10. The summed E-state index contributed by atoms with van der Waals surface area (Å²) in [6.45, 7) is 3.29. The first-order valence-corrected chi connectivity index (χ1v) is 13.0. The molecule has 8 nitrogen and oxygen atoms in total. The molecule has 34 heavy (non-hydrogen) atoms. The minimum Gasteiger partial charge on any atom is -0.387 e. The lowest BCUT2D eigenvalue weighted by atomic mass is 9.83. The zero-order valence-electron chi connectivity index (χ0n) is 19.2. The van der Waals surface area contributed by atoms with Gasteiger partial charge >= 0.3 is 0 Å². The molecule has 4 N–H and O–H groups in total. The number of fused-ring (bicyclic) bond motifs is 1. The summed E-state index contributed by atoms with van der Waals surface area (Å²) in [5, 5.41) is 24.8. The van der Waals surface area contributed by atoms with Gasteiger partial charge in [-0.3, -0.25) is 14.2 Å². The van der Waals surface area contributed by atoms with E-state index in [1.807, 2.05) is 25.1 Å². The van der Waals surface area contributed by atoms with Crippen molar-refractivity contribution in [3.05, 3.63) is 65.0 Å². The molecule has 1 amide bonds. The first-order valence-electron chi connectivity index (χ1n) is 11.1. The van der Waals surface area contributed by atoms with Gasteiger partial charge in [-0.1, -0.05) is 24.3 Å². The molecule has 0 saturated carbocycles. The maximum atomic E-state index is 13.2. The SMILES string of the molecule is CS(=O)(=O)O.C[C@H]([C@H](O)c1ccc2c(c1)CCC(=O)N2)N1CCC(O)(c2ccc(F)cc2)CC1. The van der Waals surface area contributed by atoms with Crippen molar-refractivity contribution in [2.45, 2.75) is 50.4 Å². The summed E-state index contributed by atoms with van der Waals surface area (Å²) in [6.07, 6.45) is 2.28. The van der Waals surface area contributed by atoms with Crippen molar-refractivity contribution in [1.82, 2.24) is 4.90 Å². The average molecular weight is 495 g/mol. The Morgan fingerprint density at radius 1 is 1.09 bits per heavy atom. The number of piperidine rings is 1. The maximum absolute atomic E-state index is 13.2. The predicted molar refractivity (Wildman–Crippen MR) is 126 cm³/mol. The van der Waals surface area contributed by atoms with E-state index >= 15 is 0 Å². The number of hydrogen-bond donors (Lipinski definition) is 4. The van der Waals surface area contributed by atoms with Crippen LogP contribution in [0.3, 0.4) is 0 Å². The summed E-state index contributed by atoms with van der Waals surface area (Å²) in [5.74, 6) is -0.280. The van der Waals surface area contributed by atoms with E-state index in [9.17, 15) is 27.8 Å². The second-order valence-electron chi connectivity index (χ2n) is 8.96. The molecule has 2 aliphatic heterocycles. The number of aryl methyl sites for hydroxylation is 1. The van der Waals surface area contributed by atoms with Gasteiger partial charge in [-0.2, -0.15) is 8.42 Å². The van der Waals surface area contributed by atoms with Crippen LogP contribution in [0.5, 0.6) is 0 Å². The molecule has 10 heteroatoms. The number of likely N-dealkylation sites (tertiary alicyclic amines) is 1. The minimum absolute atomic E-state index is 0.0288. The van der Waals surface area contributed by atoms with Gasteiger partial charge < -0.3 is 15.5 Å². The molecule has 0 unspecified atom stereocenters. The Balaban J connectivity index is 0.000000588. The number of benzene rings is 2. The van der Waals surface area contributed by atoms with E-state index in [0.29, 0.717) is 45.0 Å². The lowest BCUT2D eigenvalue weighted by Crippen LogP contribution is -2.47. The highest BCUT2D eigenvalue weighted by molar-refractivity contribution is 7.85. The molecule has 0 spiro atoms. The van der Waals surface area contributed by atoms with Gasteiger partial charge in [0.05, 0.1) is 18.0 Å². The Morgan fingerprint density at radius 2 is 1.68 bits per heavy atom. The fourth-order valence-corrected chi connectivity index (χ4v) is 4.42. The van der Waals surface area contributed by atoms with Crippen molar-refractivity contribution in [1.29, 1.82) is 0 Å². The van der Waals surface area contributed by atoms with E-state index in [4.69, 9.17) is 4.55 Å². The van der Waals surface area contributed by atoms with Gasteiger partial charge in [-0.15, -0.1) is 0 Å². The monoisotopic (exact) mass is 494 g/mol. The molecule has 186 valence electrons. The molecule has 4 rings (SSSR count). The van der Waals surface area contributed by atoms with Crippen molar-refractivity contribution in [3.63, 3.8) is 0 Å². The molecule has 2 atom stereocenters. The lowest BCUT2D eigenvalue weighted by Gasteiger charge is -2.42. The molecular formula is C24H31FN2O6S. The normalized spacial score (nSPS) is 19.8. The largest absolute Gasteiger partial charge is 0.387 e. The van der Waals surface area contributed by atoms with E-state index < -0.39 is 21.8 Å². The summed E-state index contributed by atoms with van der Waals surface area (Å²) in [4.78, 5) is 13.7. The third kappa shape index (κ3) is 6.83. The second-order valence-corrected chi connectivity index (χ2v) is 10.4. The first-order chi connectivity index (χ1) is 15.9. The first kappa shape index (κ1) is 26.2. The summed E-state index contributed by atoms with van der Waals surface area (Å²) < 4.78 is 39.1. The van der Waals surface area contributed by atoms with E-state index in [1.165, 1.54) is 12.1 Å². The third-order valence-electron chi connectivity index (χ3n) is 6.41. The lowest BCUT2D eigenvalue weighted by molar-refractivity contribution is -0.116. The van der Waals surface area contributed by atoms with Gasteiger partial charge in [0, 0.05) is 31.2 Å². The van der Waals surface area contributed by atoms with Crippen molar-refractivity contribution in [2.24, 2.45) is 0 Å². The molecule has 0 bridgehead atoms. The summed E-state index contributed by atoms with van der Waals surface area (Å²) in [7, 11) is -3.67. The Labute approximate surface area is 199 Å². The molecule has 2 aromatic rings. The topological polar surface area (TPSA) is 127 Å². The van der Waals surface area contributed by atoms with Gasteiger partial charge in [0.1, 0.15) is 5.82 Å². The third-order valence-corrected chi connectivity index (χ3v) is 6.41. The van der Waals surface area contributed by atoms with Gasteiger partial charge in [-0.25, -0.2) is 4.39 Å². The second kappa shape index (κ2) is 10.5. The van der Waals surface area contributed by atoms with E-state index in [-0.39, 0.29) is 17.8 Å². The summed E-state index contributed by atoms with van der Waals surface area (Å²) in [5.41, 5.74) is 2.50. The summed E-state index contributed by atoms with van der Waals surface area (Å²) >= 11 is 0. The van der Waals surface area contributed by atoms with Crippen molar-refractivity contribution >= 4 is 21.7 Å². The van der Waals surface area contributed by atoms with Crippen LogP contribution in [0.25, 0.3) is 0 Å². The van der Waals surface area contributed by atoms with Crippen molar-refractivity contribution in [3.8, 4) is 0 Å². The predicted octanol–water partition coefficient (Wildman–Crippen LogP) is 2.62. The number of nitrogens with one attached hydrogen (secondary N) is 1. The van der Waals surface area contributed by atoms with E-state index in [0.717, 1.165) is 22.4 Å². The Bertz CT molecular complexity index is 1110. The smallest absolute Gasteiger partial charge is 0.261 e. The molecule has 2 heterocycles. The number of carbonyl (C=O) groups excluding carboxylic acids is 1. The van der Waals surface area contributed by atoms with Gasteiger partial charge in [0.2, 0.25) is 5.91 Å². The molecular weight excluding hydrogens is 463 g/mol. The minimum atomic E-state index is -3.67. The fraction of sp³-hybridized carbons (Fsp3) is 0.458. The molecule has 2 aliphatic rings. The number of carbonyl (C=O) groups is 1. The van der Waals surface area contributed by atoms with Gasteiger partial charge in [0.25, 0.3) is 10.1 Å². The zero-order chi connectivity index (χ0) is 25.1. The fourth-order valence-electron chi connectivity index (χ4n) is 4.42. The Morgan fingerprint density at radius 3 is 2.26 bits per heavy atom. The van der Waals surface area contributed by atoms with Crippen molar-refractivity contribution < 1.29 is 32.4 Å². The highest BCUT2D eigenvalue weighted by atomic mass is 32.2. The highest BCUT2D eigenvalue weighted by Crippen LogP contribution is 2.35. The van der Waals surface area contributed by atoms with Crippen LogP contribution in [-0.4, -0.2) is 59.4 Å². The number of aliphatic hydroxyl groups excluding tert-OH is 1. The van der Waals surface area contributed by atoms with Crippen LogP contribution in [-0.2, 0) is 26.9 Å². The number of amides is 1. The molecule has 0 aromatic heterocycles. The maximum Gasteiger partial charge on any atom is 0.261 e. The van der Waals surface area contributed by atoms with Crippen LogP contribution < -0.4 is 5.32 Å². The molecule has 0 aliphatic carbocycles. The van der Waals surface area contributed by atoms with Gasteiger partial charge in [-0.05, 0) is 61.1 Å². The number of anilines is 1. The van der Waals surface area contributed by atoms with Crippen LogP contribution in [0, 0.1) is 5.82 Å². The molecule has 1 saturated heterocycles. The van der Waals surface area contributed by atoms with Crippen LogP contribution in [0.1, 0.15) is 49.0 Å². The van der Waals surface area contributed by atoms with E-state index in [2.05, 4.69) is 10.2 Å². The highest BCUT2D eigenvalue weighted by Gasteiger charge is 2.36. The standard InChI is InChI=1S/C23H27FN2O3.CH4O3S/c1-15(22(28)17-2-8-20-16(14-17)3-9-21(27)25-20)26-12-10-23(29,11-13-26)18-4-6-19(24)7-5-18;1-5(2,3)4/h2,4-8,14-15,22,28-29H,3,9-13H2,1H3,(H,25,27);1H3,(H,2,3,4)/t15-,22+;/m1./s1. The van der Waals surface area contributed by atoms with Crippen LogP contribution in [0.15, 0.2) is 42.5 Å². The number of hydrogen-bond acceptors (Lipinski definition) is 6. The molecule has 0 radical (unpaired) electrons. The summed E-state index contributed by atoms with van der Waals surface area (Å²) in [6, 6.07) is 11.7. The zero-order valence-corrected chi connectivity index (χ0v) is 20.1. The van der Waals surface area contributed by atoms with Crippen LogP contribution >= 0.6 is 0 Å².